The summed E-state index contributed by atoms with van der Waals surface area (Å²) in [7, 11) is -2.75. The third-order valence-corrected chi connectivity index (χ3v) is 2.25. The van der Waals surface area contributed by atoms with E-state index < -0.39 is 9.84 Å². The molecular formula is C6H16ClNO2S. The van der Waals surface area contributed by atoms with Gasteiger partial charge in [0.05, 0.1) is 0 Å². The molecular weight excluding hydrogens is 186 g/mol. The minimum Gasteiger partial charge on any atom is -0.330 e. The minimum atomic E-state index is -2.75. The SMILES string of the molecule is CS(=O)(=O)CCCCCN.Cl. The molecule has 0 heterocycles. The van der Waals surface area contributed by atoms with Crippen molar-refractivity contribution in [3.05, 3.63) is 0 Å². The van der Waals surface area contributed by atoms with Crippen molar-refractivity contribution in [1.82, 2.24) is 0 Å². The van der Waals surface area contributed by atoms with Gasteiger partial charge in [0.25, 0.3) is 0 Å². The molecule has 0 atom stereocenters. The van der Waals surface area contributed by atoms with Crippen LogP contribution in [-0.4, -0.2) is 27.0 Å². The average Bonchev–Trinajstić information content (AvgIpc) is 1.78. The molecule has 0 spiro atoms. The fraction of sp³-hybridized carbons (Fsp3) is 1.00. The van der Waals surface area contributed by atoms with Crippen molar-refractivity contribution in [2.75, 3.05) is 18.6 Å². The predicted molar refractivity (Wildman–Crippen MR) is 49.9 cm³/mol. The fourth-order valence-electron chi connectivity index (χ4n) is 0.685. The van der Waals surface area contributed by atoms with E-state index in [0.29, 0.717) is 12.3 Å². The zero-order valence-electron chi connectivity index (χ0n) is 6.75. The van der Waals surface area contributed by atoms with Gasteiger partial charge in [0, 0.05) is 12.0 Å². The maximum atomic E-state index is 10.6. The van der Waals surface area contributed by atoms with Crippen LogP contribution in [0, 0.1) is 0 Å². The molecule has 0 aliphatic rings. The molecule has 0 unspecified atom stereocenters. The highest BCUT2D eigenvalue weighted by Crippen LogP contribution is 1.96. The van der Waals surface area contributed by atoms with Crippen molar-refractivity contribution in [2.24, 2.45) is 5.73 Å². The van der Waals surface area contributed by atoms with Crippen LogP contribution in [0.2, 0.25) is 0 Å². The lowest BCUT2D eigenvalue weighted by Crippen LogP contribution is -2.04. The Labute approximate surface area is 74.7 Å². The second kappa shape index (κ2) is 6.88. The minimum absolute atomic E-state index is 0. The van der Waals surface area contributed by atoms with Crippen LogP contribution in [0.25, 0.3) is 0 Å². The monoisotopic (exact) mass is 201 g/mol. The van der Waals surface area contributed by atoms with E-state index in [1.165, 1.54) is 6.26 Å². The Bertz CT molecular complexity index is 167. The summed E-state index contributed by atoms with van der Waals surface area (Å²) in [5.74, 6) is 0.299. The summed E-state index contributed by atoms with van der Waals surface area (Å²) in [4.78, 5) is 0. The molecule has 0 saturated carbocycles. The molecule has 0 aromatic heterocycles. The maximum Gasteiger partial charge on any atom is 0.147 e. The molecule has 0 saturated heterocycles. The van der Waals surface area contributed by atoms with Crippen molar-refractivity contribution < 1.29 is 8.42 Å². The zero-order chi connectivity index (χ0) is 8.04. The molecule has 11 heavy (non-hydrogen) atoms. The lowest BCUT2D eigenvalue weighted by atomic mass is 10.2. The van der Waals surface area contributed by atoms with Gasteiger partial charge in [-0.1, -0.05) is 6.42 Å². The van der Waals surface area contributed by atoms with Crippen LogP contribution in [0.3, 0.4) is 0 Å². The van der Waals surface area contributed by atoms with Gasteiger partial charge in [0.15, 0.2) is 0 Å². The highest BCUT2D eigenvalue weighted by atomic mass is 35.5. The van der Waals surface area contributed by atoms with Gasteiger partial charge >= 0.3 is 0 Å². The van der Waals surface area contributed by atoms with Gasteiger partial charge in [0.2, 0.25) is 0 Å². The van der Waals surface area contributed by atoms with Crippen LogP contribution in [0.1, 0.15) is 19.3 Å². The molecule has 0 fully saturated rings. The molecule has 3 nitrogen and oxygen atoms in total. The first kappa shape index (κ1) is 13.8. The molecule has 0 rings (SSSR count). The summed E-state index contributed by atoms with van der Waals surface area (Å²) in [6.07, 6.45) is 3.85. The highest BCUT2D eigenvalue weighted by molar-refractivity contribution is 7.90. The Balaban J connectivity index is 0. The lowest BCUT2D eigenvalue weighted by Gasteiger charge is -1.96. The van der Waals surface area contributed by atoms with Gasteiger partial charge in [-0.2, -0.15) is 0 Å². The Morgan fingerprint density at radius 1 is 1.18 bits per heavy atom. The number of halogens is 1. The van der Waals surface area contributed by atoms with Crippen molar-refractivity contribution in [2.45, 2.75) is 19.3 Å². The van der Waals surface area contributed by atoms with Gasteiger partial charge in [-0.3, -0.25) is 0 Å². The summed E-state index contributed by atoms with van der Waals surface area (Å²) in [6.45, 7) is 0.657. The van der Waals surface area contributed by atoms with E-state index in [1.54, 1.807) is 0 Å². The lowest BCUT2D eigenvalue weighted by molar-refractivity contribution is 0.595. The summed E-state index contributed by atoms with van der Waals surface area (Å²) in [5.41, 5.74) is 5.23. The Morgan fingerprint density at radius 2 is 1.73 bits per heavy atom. The maximum absolute atomic E-state index is 10.6. The smallest absolute Gasteiger partial charge is 0.147 e. The topological polar surface area (TPSA) is 60.2 Å². The Kier molecular flexibility index (Phi) is 8.61. The van der Waals surface area contributed by atoms with Crippen molar-refractivity contribution >= 4 is 22.2 Å². The molecule has 5 heteroatoms. The van der Waals surface area contributed by atoms with Gasteiger partial charge < -0.3 is 5.73 Å². The predicted octanol–water partition coefficient (Wildman–Crippen LogP) is 0.582. The van der Waals surface area contributed by atoms with Crippen LogP contribution < -0.4 is 5.73 Å². The molecule has 0 amide bonds. The Hall–Kier alpha value is 0.200. The molecule has 70 valence electrons. The number of rotatable bonds is 5. The third-order valence-electron chi connectivity index (χ3n) is 1.22. The molecule has 2 N–H and O–H groups in total. The second-order valence-corrected chi connectivity index (χ2v) is 4.74. The van der Waals surface area contributed by atoms with Crippen molar-refractivity contribution in [1.29, 1.82) is 0 Å². The normalized spacial score (nSPS) is 10.7. The van der Waals surface area contributed by atoms with Crippen LogP contribution >= 0.6 is 12.4 Å². The van der Waals surface area contributed by atoms with Crippen LogP contribution in [0.4, 0.5) is 0 Å². The zero-order valence-corrected chi connectivity index (χ0v) is 8.38. The van der Waals surface area contributed by atoms with E-state index in [-0.39, 0.29) is 12.4 Å². The van der Waals surface area contributed by atoms with E-state index >= 15 is 0 Å². The quantitative estimate of drug-likeness (QED) is 0.663. The van der Waals surface area contributed by atoms with Crippen LogP contribution in [0.15, 0.2) is 0 Å². The number of unbranched alkanes of at least 4 members (excludes halogenated alkanes) is 2. The second-order valence-electron chi connectivity index (χ2n) is 2.48. The van der Waals surface area contributed by atoms with E-state index in [2.05, 4.69) is 0 Å². The van der Waals surface area contributed by atoms with Gasteiger partial charge in [-0.05, 0) is 19.4 Å². The number of sulfone groups is 1. The Morgan fingerprint density at radius 3 is 2.09 bits per heavy atom. The van der Waals surface area contributed by atoms with Gasteiger partial charge in [-0.15, -0.1) is 12.4 Å². The number of hydrogen-bond donors (Lipinski definition) is 1. The summed E-state index contributed by atoms with van der Waals surface area (Å²) >= 11 is 0. The van der Waals surface area contributed by atoms with Gasteiger partial charge in [-0.25, -0.2) is 8.42 Å². The molecule has 0 radical (unpaired) electrons. The molecule has 0 aromatic carbocycles. The summed E-state index contributed by atoms with van der Waals surface area (Å²) < 4.78 is 21.1. The van der Waals surface area contributed by atoms with Crippen LogP contribution in [0.5, 0.6) is 0 Å². The molecule has 0 bridgehead atoms. The van der Waals surface area contributed by atoms with E-state index in [4.69, 9.17) is 5.73 Å². The first-order valence-electron chi connectivity index (χ1n) is 3.44. The average molecular weight is 202 g/mol. The highest BCUT2D eigenvalue weighted by Gasteiger charge is 1.99. The molecule has 0 aromatic rings. The van der Waals surface area contributed by atoms with Crippen molar-refractivity contribution in [3.8, 4) is 0 Å². The molecule has 0 aliphatic carbocycles. The largest absolute Gasteiger partial charge is 0.330 e. The number of hydrogen-bond acceptors (Lipinski definition) is 3. The summed E-state index contributed by atoms with van der Waals surface area (Å²) in [6, 6.07) is 0. The molecule has 0 aliphatic heterocycles. The van der Waals surface area contributed by atoms with E-state index in [1.807, 2.05) is 0 Å². The first-order valence-corrected chi connectivity index (χ1v) is 5.50. The standard InChI is InChI=1S/C6H15NO2S.ClH/c1-10(8,9)6-4-2-3-5-7;/h2-7H2,1H3;1H. The third kappa shape index (κ3) is 13.2. The summed E-state index contributed by atoms with van der Waals surface area (Å²) in [5, 5.41) is 0. The fourth-order valence-corrected chi connectivity index (χ4v) is 1.41. The number of nitrogens with two attached hydrogens (primary N) is 1. The van der Waals surface area contributed by atoms with Crippen LogP contribution in [-0.2, 0) is 9.84 Å². The first-order chi connectivity index (χ1) is 4.56. The van der Waals surface area contributed by atoms with Gasteiger partial charge in [0.1, 0.15) is 9.84 Å². The van der Waals surface area contributed by atoms with E-state index in [9.17, 15) is 8.42 Å². The van der Waals surface area contributed by atoms with E-state index in [0.717, 1.165) is 19.3 Å². The van der Waals surface area contributed by atoms with Crippen molar-refractivity contribution in [3.63, 3.8) is 0 Å².